The summed E-state index contributed by atoms with van der Waals surface area (Å²) in [7, 11) is 1.23. The van der Waals surface area contributed by atoms with Gasteiger partial charge < -0.3 is 54.7 Å². The molecule has 24 heavy (non-hydrogen) atoms. The van der Waals surface area contributed by atoms with E-state index in [-0.39, 0.29) is 0 Å². The maximum Gasteiger partial charge on any atom is 0.187 e. The molecular formula is C13H24O11. The molecule has 2 rings (SSSR count). The van der Waals surface area contributed by atoms with Gasteiger partial charge in [-0.05, 0) is 0 Å². The van der Waals surface area contributed by atoms with Gasteiger partial charge in [-0.15, -0.1) is 0 Å². The summed E-state index contributed by atoms with van der Waals surface area (Å²) in [5, 5.41) is 67.9. The zero-order valence-electron chi connectivity index (χ0n) is 13.0. The third-order valence-corrected chi connectivity index (χ3v) is 4.23. The van der Waals surface area contributed by atoms with Crippen molar-refractivity contribution in [2.75, 3.05) is 20.3 Å². The first-order valence-corrected chi connectivity index (χ1v) is 7.46. The second-order valence-corrected chi connectivity index (χ2v) is 5.74. The van der Waals surface area contributed by atoms with Crippen LogP contribution in [0.5, 0.6) is 0 Å². The van der Waals surface area contributed by atoms with Gasteiger partial charge in [-0.25, -0.2) is 0 Å². The molecule has 2 heterocycles. The number of aliphatic hydroxyl groups excluding tert-OH is 7. The van der Waals surface area contributed by atoms with Gasteiger partial charge in [0.05, 0.1) is 13.2 Å². The summed E-state index contributed by atoms with van der Waals surface area (Å²) in [5.74, 6) is 0. The summed E-state index contributed by atoms with van der Waals surface area (Å²) in [4.78, 5) is 0. The summed E-state index contributed by atoms with van der Waals surface area (Å²) in [5.41, 5.74) is 0. The van der Waals surface area contributed by atoms with Crippen LogP contribution in [0.1, 0.15) is 0 Å². The average molecular weight is 356 g/mol. The van der Waals surface area contributed by atoms with Gasteiger partial charge in [0.25, 0.3) is 0 Å². The second-order valence-electron chi connectivity index (χ2n) is 5.74. The standard InChI is InChI=1S/C13H24O11/c1-21-11-9(19)10(5(3-15)22-12(11)20)24-13-8(18)7(17)6(16)4(2-14)23-13/h4-20H,2-3H2,1H3/t4-,5-,6-,7+,8+,9+,10-,11+,12+,13-/m1/s1. The normalized spacial score (nSPS) is 50.0. The van der Waals surface area contributed by atoms with Gasteiger partial charge >= 0.3 is 0 Å². The fourth-order valence-electron chi connectivity index (χ4n) is 2.82. The van der Waals surface area contributed by atoms with E-state index in [0.29, 0.717) is 0 Å². The largest absolute Gasteiger partial charge is 0.394 e. The molecule has 2 saturated heterocycles. The lowest BCUT2D eigenvalue weighted by atomic mass is 9.97. The first-order valence-electron chi connectivity index (χ1n) is 7.46. The Labute approximate surface area is 137 Å². The lowest BCUT2D eigenvalue weighted by molar-refractivity contribution is -0.356. The van der Waals surface area contributed by atoms with E-state index < -0.39 is 74.6 Å². The highest BCUT2D eigenvalue weighted by molar-refractivity contribution is 4.94. The van der Waals surface area contributed by atoms with Gasteiger partial charge in [0.1, 0.15) is 48.8 Å². The van der Waals surface area contributed by atoms with Crippen molar-refractivity contribution in [3.05, 3.63) is 0 Å². The Bertz CT molecular complexity index is 394. The molecule has 0 aromatic carbocycles. The van der Waals surface area contributed by atoms with E-state index >= 15 is 0 Å². The molecule has 2 aliphatic heterocycles. The summed E-state index contributed by atoms with van der Waals surface area (Å²) in [6.07, 6.45) is -14.2. The van der Waals surface area contributed by atoms with Gasteiger partial charge in [0, 0.05) is 7.11 Å². The number of ether oxygens (including phenoxy) is 4. The summed E-state index contributed by atoms with van der Waals surface area (Å²) in [6.45, 7) is -1.26. The van der Waals surface area contributed by atoms with Crippen LogP contribution >= 0.6 is 0 Å². The number of aliphatic hydroxyl groups is 7. The molecule has 10 atom stereocenters. The minimum absolute atomic E-state index is 0.618. The molecular weight excluding hydrogens is 332 g/mol. The summed E-state index contributed by atoms with van der Waals surface area (Å²) in [6, 6.07) is 0. The van der Waals surface area contributed by atoms with Crippen LogP contribution in [-0.2, 0) is 18.9 Å². The molecule has 0 aromatic rings. The van der Waals surface area contributed by atoms with Crippen LogP contribution < -0.4 is 0 Å². The third kappa shape index (κ3) is 3.71. The lowest BCUT2D eigenvalue weighted by Crippen LogP contribution is -2.64. The van der Waals surface area contributed by atoms with Gasteiger partial charge in [-0.3, -0.25) is 0 Å². The topological polar surface area (TPSA) is 179 Å². The van der Waals surface area contributed by atoms with Crippen molar-refractivity contribution in [3.63, 3.8) is 0 Å². The van der Waals surface area contributed by atoms with Gasteiger partial charge in [0.15, 0.2) is 12.6 Å². The minimum atomic E-state index is -1.68. The van der Waals surface area contributed by atoms with E-state index in [0.717, 1.165) is 0 Å². The van der Waals surface area contributed by atoms with Gasteiger partial charge in [0.2, 0.25) is 0 Å². The zero-order valence-corrected chi connectivity index (χ0v) is 13.0. The predicted octanol–water partition coefficient (Wildman–Crippen LogP) is -4.74. The van der Waals surface area contributed by atoms with Crippen molar-refractivity contribution in [1.82, 2.24) is 0 Å². The Kier molecular flexibility index (Phi) is 6.87. The predicted molar refractivity (Wildman–Crippen MR) is 73.4 cm³/mol. The molecule has 0 saturated carbocycles. The molecule has 11 nitrogen and oxygen atoms in total. The number of rotatable bonds is 5. The van der Waals surface area contributed by atoms with Crippen LogP contribution in [0.15, 0.2) is 0 Å². The molecule has 0 spiro atoms. The molecule has 11 heteroatoms. The molecule has 0 aliphatic carbocycles. The van der Waals surface area contributed by atoms with Crippen LogP contribution in [-0.4, -0.2) is 117 Å². The SMILES string of the molecule is CO[C@H]1[C@@H](O)[C@H](O[C@H]2O[C@H](CO)[C@@H](O)[C@H](O)[C@@H]2O)[C@@H](CO)O[C@@H]1O. The highest BCUT2D eigenvalue weighted by Crippen LogP contribution is 2.29. The van der Waals surface area contributed by atoms with E-state index in [2.05, 4.69) is 0 Å². The van der Waals surface area contributed by atoms with E-state index in [1.54, 1.807) is 0 Å². The molecule has 0 unspecified atom stereocenters. The number of methoxy groups -OCH3 is 1. The number of hydrogen-bond acceptors (Lipinski definition) is 11. The maximum atomic E-state index is 10.3. The molecule has 0 aromatic heterocycles. The lowest BCUT2D eigenvalue weighted by Gasteiger charge is -2.45. The van der Waals surface area contributed by atoms with Gasteiger partial charge in [-0.2, -0.15) is 0 Å². The van der Waals surface area contributed by atoms with Crippen LogP contribution in [0, 0.1) is 0 Å². The quantitative estimate of drug-likeness (QED) is 0.251. The van der Waals surface area contributed by atoms with Crippen molar-refractivity contribution in [3.8, 4) is 0 Å². The Morgan fingerprint density at radius 1 is 0.750 bits per heavy atom. The average Bonchev–Trinajstić information content (AvgIpc) is 2.57. The third-order valence-electron chi connectivity index (χ3n) is 4.23. The van der Waals surface area contributed by atoms with E-state index in [4.69, 9.17) is 24.1 Å². The fraction of sp³-hybridized carbons (Fsp3) is 1.00. The van der Waals surface area contributed by atoms with E-state index in [1.165, 1.54) is 7.11 Å². The van der Waals surface area contributed by atoms with Crippen molar-refractivity contribution in [2.45, 2.75) is 61.4 Å². The van der Waals surface area contributed by atoms with Crippen molar-refractivity contribution < 1.29 is 54.7 Å². The van der Waals surface area contributed by atoms with Crippen molar-refractivity contribution in [2.24, 2.45) is 0 Å². The Morgan fingerprint density at radius 2 is 1.38 bits per heavy atom. The molecule has 0 radical (unpaired) electrons. The first kappa shape index (κ1) is 19.9. The van der Waals surface area contributed by atoms with Crippen molar-refractivity contribution >= 4 is 0 Å². The van der Waals surface area contributed by atoms with Gasteiger partial charge in [-0.1, -0.05) is 0 Å². The summed E-state index contributed by atoms with van der Waals surface area (Å²) >= 11 is 0. The molecule has 2 fully saturated rings. The minimum Gasteiger partial charge on any atom is -0.394 e. The Hall–Kier alpha value is -0.440. The smallest absolute Gasteiger partial charge is 0.187 e. The molecule has 7 N–H and O–H groups in total. The molecule has 0 amide bonds. The molecule has 2 aliphatic rings. The van der Waals surface area contributed by atoms with Crippen LogP contribution in [0.2, 0.25) is 0 Å². The molecule has 142 valence electrons. The molecule has 0 bridgehead atoms. The monoisotopic (exact) mass is 356 g/mol. The van der Waals surface area contributed by atoms with Crippen LogP contribution in [0.25, 0.3) is 0 Å². The summed E-state index contributed by atoms with van der Waals surface area (Å²) < 4.78 is 20.6. The van der Waals surface area contributed by atoms with Crippen molar-refractivity contribution in [1.29, 1.82) is 0 Å². The highest BCUT2D eigenvalue weighted by Gasteiger charge is 2.50. The Morgan fingerprint density at radius 3 is 1.92 bits per heavy atom. The van der Waals surface area contributed by atoms with Crippen LogP contribution in [0.4, 0.5) is 0 Å². The Balaban J connectivity index is 2.14. The number of hydrogen-bond donors (Lipinski definition) is 7. The van der Waals surface area contributed by atoms with Crippen LogP contribution in [0.3, 0.4) is 0 Å². The van der Waals surface area contributed by atoms with E-state index in [1.807, 2.05) is 0 Å². The maximum absolute atomic E-state index is 10.3. The fourth-order valence-corrected chi connectivity index (χ4v) is 2.82. The van der Waals surface area contributed by atoms with E-state index in [9.17, 15) is 30.6 Å². The zero-order chi connectivity index (χ0) is 18.0. The first-order chi connectivity index (χ1) is 11.3. The highest BCUT2D eigenvalue weighted by atomic mass is 16.7. The second kappa shape index (κ2) is 8.29.